The highest BCUT2D eigenvalue weighted by atomic mass is 35.5. The monoisotopic (exact) mass is 352 g/mol. The smallest absolute Gasteiger partial charge is 0.224 e. The molecule has 132 valence electrons. The van der Waals surface area contributed by atoms with Gasteiger partial charge in [-0.25, -0.2) is 0 Å². The summed E-state index contributed by atoms with van der Waals surface area (Å²) < 4.78 is 5.11. The number of hydrogen-bond donors (Lipinski definition) is 0. The molecule has 0 atom stereocenters. The quantitative estimate of drug-likeness (QED) is 0.722. The van der Waals surface area contributed by atoms with Crippen molar-refractivity contribution in [2.45, 2.75) is 32.2 Å². The Bertz CT molecular complexity index is 565. The summed E-state index contributed by atoms with van der Waals surface area (Å²) in [4.78, 5) is 28.0. The average molecular weight is 353 g/mol. The Morgan fingerprint density at radius 3 is 2.83 bits per heavy atom. The molecular formula is C18H25ClN2O3. The highest BCUT2D eigenvalue weighted by Crippen LogP contribution is 2.18. The molecular weight excluding hydrogens is 328 g/mol. The average Bonchev–Trinajstić information content (AvgIpc) is 2.59. The fourth-order valence-electron chi connectivity index (χ4n) is 2.81. The van der Waals surface area contributed by atoms with E-state index >= 15 is 0 Å². The van der Waals surface area contributed by atoms with Gasteiger partial charge in [-0.15, -0.1) is 0 Å². The van der Waals surface area contributed by atoms with E-state index in [1.807, 2.05) is 24.3 Å². The number of benzene rings is 1. The topological polar surface area (TPSA) is 49.9 Å². The Morgan fingerprint density at radius 1 is 1.33 bits per heavy atom. The molecule has 0 radical (unpaired) electrons. The van der Waals surface area contributed by atoms with Gasteiger partial charge < -0.3 is 14.5 Å². The first-order valence-electron chi connectivity index (χ1n) is 8.39. The summed E-state index contributed by atoms with van der Waals surface area (Å²) in [6.07, 6.45) is 2.91. The van der Waals surface area contributed by atoms with Gasteiger partial charge in [0.05, 0.1) is 6.61 Å². The van der Waals surface area contributed by atoms with Crippen LogP contribution in [0.2, 0.25) is 5.02 Å². The predicted octanol–water partition coefficient (Wildman–Crippen LogP) is 2.72. The summed E-state index contributed by atoms with van der Waals surface area (Å²) in [6.45, 7) is 2.68. The fraction of sp³-hybridized carbons (Fsp3) is 0.556. The van der Waals surface area contributed by atoms with Gasteiger partial charge in [-0.05, 0) is 24.5 Å². The lowest BCUT2D eigenvalue weighted by Gasteiger charge is -2.28. The Morgan fingerprint density at radius 2 is 2.12 bits per heavy atom. The van der Waals surface area contributed by atoms with Crippen LogP contribution in [0.15, 0.2) is 24.3 Å². The molecule has 0 spiro atoms. The number of carbonyl (C=O) groups excluding carboxylic acids is 2. The maximum atomic E-state index is 12.6. The largest absolute Gasteiger partial charge is 0.383 e. The van der Waals surface area contributed by atoms with Crippen LogP contribution in [0.1, 0.15) is 31.2 Å². The molecule has 0 aromatic heterocycles. The van der Waals surface area contributed by atoms with E-state index in [1.54, 1.807) is 16.9 Å². The van der Waals surface area contributed by atoms with E-state index in [9.17, 15) is 9.59 Å². The van der Waals surface area contributed by atoms with Gasteiger partial charge in [-0.1, -0.05) is 29.8 Å². The normalized spacial score (nSPS) is 14.8. The van der Waals surface area contributed by atoms with Crippen LogP contribution in [0.3, 0.4) is 0 Å². The number of rotatable bonds is 8. The van der Waals surface area contributed by atoms with E-state index in [0.29, 0.717) is 44.1 Å². The van der Waals surface area contributed by atoms with Gasteiger partial charge in [0.25, 0.3) is 0 Å². The maximum absolute atomic E-state index is 12.6. The Kier molecular flexibility index (Phi) is 7.53. The standard InChI is InChI=1S/C18H25ClN2O3/c1-24-13-12-21(14-15-6-2-3-7-16(15)19)18(23)9-11-20-10-5-4-8-17(20)22/h2-3,6-7H,4-5,8-14H2,1H3. The molecule has 5 nitrogen and oxygen atoms in total. The summed E-state index contributed by atoms with van der Waals surface area (Å²) in [5.41, 5.74) is 0.915. The number of piperidine rings is 1. The zero-order chi connectivity index (χ0) is 17.4. The number of ether oxygens (including phenoxy) is 1. The fourth-order valence-corrected chi connectivity index (χ4v) is 3.01. The van der Waals surface area contributed by atoms with E-state index < -0.39 is 0 Å². The first kappa shape index (κ1) is 18.7. The van der Waals surface area contributed by atoms with Crippen LogP contribution in [-0.2, 0) is 20.9 Å². The highest BCUT2D eigenvalue weighted by molar-refractivity contribution is 6.31. The van der Waals surface area contributed by atoms with Gasteiger partial charge in [0.2, 0.25) is 11.8 Å². The van der Waals surface area contributed by atoms with E-state index in [-0.39, 0.29) is 11.8 Å². The first-order valence-corrected chi connectivity index (χ1v) is 8.77. The van der Waals surface area contributed by atoms with E-state index in [4.69, 9.17) is 16.3 Å². The number of carbonyl (C=O) groups is 2. The zero-order valence-electron chi connectivity index (χ0n) is 14.2. The van der Waals surface area contributed by atoms with Crippen LogP contribution in [-0.4, -0.2) is 55.0 Å². The van der Waals surface area contributed by atoms with Crippen molar-refractivity contribution in [1.82, 2.24) is 9.80 Å². The highest BCUT2D eigenvalue weighted by Gasteiger charge is 2.21. The molecule has 0 aliphatic carbocycles. The molecule has 1 saturated heterocycles. The molecule has 1 aromatic rings. The SMILES string of the molecule is COCCN(Cc1ccccc1Cl)C(=O)CCN1CCCCC1=O. The van der Waals surface area contributed by atoms with Gasteiger partial charge >= 0.3 is 0 Å². The van der Waals surface area contributed by atoms with Gasteiger partial charge in [-0.2, -0.15) is 0 Å². The summed E-state index contributed by atoms with van der Waals surface area (Å²) in [7, 11) is 1.62. The molecule has 1 fully saturated rings. The minimum absolute atomic E-state index is 0.0188. The number of likely N-dealkylation sites (tertiary alicyclic amines) is 1. The third-order valence-electron chi connectivity index (χ3n) is 4.25. The van der Waals surface area contributed by atoms with Crippen LogP contribution in [0.5, 0.6) is 0 Å². The molecule has 0 unspecified atom stereocenters. The molecule has 2 amide bonds. The van der Waals surface area contributed by atoms with Crippen molar-refractivity contribution in [3.63, 3.8) is 0 Å². The molecule has 0 bridgehead atoms. The van der Waals surface area contributed by atoms with Crippen molar-refractivity contribution >= 4 is 23.4 Å². The zero-order valence-corrected chi connectivity index (χ0v) is 14.9. The number of halogens is 1. The van der Waals surface area contributed by atoms with Crippen molar-refractivity contribution in [3.05, 3.63) is 34.9 Å². The minimum atomic E-state index is 0.0188. The van der Waals surface area contributed by atoms with E-state index in [0.717, 1.165) is 24.9 Å². The molecule has 24 heavy (non-hydrogen) atoms. The van der Waals surface area contributed by atoms with Gasteiger partial charge in [0, 0.05) is 51.2 Å². The lowest BCUT2D eigenvalue weighted by molar-refractivity contribution is -0.136. The van der Waals surface area contributed by atoms with Crippen LogP contribution >= 0.6 is 11.6 Å². The second-order valence-electron chi connectivity index (χ2n) is 5.99. The number of nitrogens with zero attached hydrogens (tertiary/aromatic N) is 2. The minimum Gasteiger partial charge on any atom is -0.383 e. The predicted molar refractivity (Wildman–Crippen MR) is 93.8 cm³/mol. The maximum Gasteiger partial charge on any atom is 0.224 e. The Labute approximate surface area is 148 Å². The second-order valence-corrected chi connectivity index (χ2v) is 6.39. The molecule has 1 heterocycles. The van der Waals surface area contributed by atoms with Crippen LogP contribution in [0.25, 0.3) is 0 Å². The Hall–Kier alpha value is -1.59. The van der Waals surface area contributed by atoms with Crippen LogP contribution in [0.4, 0.5) is 0 Å². The third kappa shape index (κ3) is 5.49. The van der Waals surface area contributed by atoms with Gasteiger partial charge in [-0.3, -0.25) is 9.59 Å². The molecule has 1 aliphatic heterocycles. The summed E-state index contributed by atoms with van der Waals surface area (Å²) in [5, 5.41) is 0.652. The molecule has 1 aromatic carbocycles. The summed E-state index contributed by atoms with van der Waals surface area (Å²) in [5.74, 6) is 0.175. The van der Waals surface area contributed by atoms with Crippen LogP contribution in [0, 0.1) is 0 Å². The van der Waals surface area contributed by atoms with Gasteiger partial charge in [0.1, 0.15) is 0 Å². The third-order valence-corrected chi connectivity index (χ3v) is 4.62. The number of methoxy groups -OCH3 is 1. The van der Waals surface area contributed by atoms with Crippen molar-refractivity contribution in [2.75, 3.05) is 33.4 Å². The van der Waals surface area contributed by atoms with E-state index in [2.05, 4.69) is 0 Å². The summed E-state index contributed by atoms with van der Waals surface area (Å²) >= 11 is 6.20. The first-order chi connectivity index (χ1) is 11.6. The van der Waals surface area contributed by atoms with Crippen LogP contribution < -0.4 is 0 Å². The van der Waals surface area contributed by atoms with Crippen molar-refractivity contribution in [1.29, 1.82) is 0 Å². The van der Waals surface area contributed by atoms with Gasteiger partial charge in [0.15, 0.2) is 0 Å². The number of amides is 2. The van der Waals surface area contributed by atoms with Crippen molar-refractivity contribution in [2.24, 2.45) is 0 Å². The molecule has 6 heteroatoms. The lowest BCUT2D eigenvalue weighted by atomic mass is 10.1. The molecule has 1 aliphatic rings. The van der Waals surface area contributed by atoms with Crippen molar-refractivity contribution < 1.29 is 14.3 Å². The molecule has 2 rings (SSSR count). The van der Waals surface area contributed by atoms with E-state index in [1.165, 1.54) is 0 Å². The number of hydrogen-bond acceptors (Lipinski definition) is 3. The molecule has 0 saturated carbocycles. The van der Waals surface area contributed by atoms with Crippen molar-refractivity contribution in [3.8, 4) is 0 Å². The molecule has 0 N–H and O–H groups in total. The lowest BCUT2D eigenvalue weighted by Crippen LogP contribution is -2.40. The second kappa shape index (κ2) is 9.64. The Balaban J connectivity index is 1.94. The summed E-state index contributed by atoms with van der Waals surface area (Å²) in [6, 6.07) is 7.52.